The molecule has 0 saturated carbocycles. The lowest BCUT2D eigenvalue weighted by Gasteiger charge is -2.56. The Morgan fingerprint density at radius 1 is 1.15 bits per heavy atom. The van der Waals surface area contributed by atoms with E-state index in [2.05, 4.69) is 73.0 Å². The zero-order valence-corrected chi connectivity index (χ0v) is 21.1. The fourth-order valence-corrected chi connectivity index (χ4v) is 5.81. The maximum atomic E-state index is 12.3. The fraction of sp³-hybridized carbons (Fsp3) is 0.481. The predicted molar refractivity (Wildman–Crippen MR) is 134 cm³/mol. The molecular weight excluding hydrogens is 430 g/mol. The molecule has 0 aliphatic carbocycles. The molecule has 0 spiro atoms. The van der Waals surface area contributed by atoms with E-state index < -0.39 is 11.7 Å². The fourth-order valence-electron chi connectivity index (χ4n) is 5.15. The maximum absolute atomic E-state index is 12.3. The highest BCUT2D eigenvalue weighted by molar-refractivity contribution is 7.09. The lowest BCUT2D eigenvalue weighted by molar-refractivity contribution is -0.127. The van der Waals surface area contributed by atoms with Crippen LogP contribution in [0.4, 0.5) is 0 Å². The standard InChI is InChI=1S/C27H35N3O2S/c1-18(2)21-7-9-22(10-8-21)27(32,26(4)16-30(5)17-26)23-12-20(13-28-14-23)6-11-25(31)24-15-33-19(3)29-24/h7-10,12-15,18,25,31-32H,6,11,16-17H2,1-5H3. The van der Waals surface area contributed by atoms with Crippen molar-refractivity contribution in [2.75, 3.05) is 20.1 Å². The number of aliphatic hydroxyl groups excluding tert-OH is 1. The molecule has 1 aliphatic rings. The lowest BCUT2D eigenvalue weighted by atomic mass is 9.62. The van der Waals surface area contributed by atoms with Crippen molar-refractivity contribution in [3.8, 4) is 0 Å². The van der Waals surface area contributed by atoms with Gasteiger partial charge < -0.3 is 15.1 Å². The molecule has 2 atom stereocenters. The molecule has 2 unspecified atom stereocenters. The normalized spacial score (nSPS) is 18.7. The number of rotatable bonds is 8. The van der Waals surface area contributed by atoms with E-state index in [4.69, 9.17) is 0 Å². The van der Waals surface area contributed by atoms with E-state index in [-0.39, 0.29) is 5.41 Å². The van der Waals surface area contributed by atoms with Crippen LogP contribution in [0.25, 0.3) is 0 Å². The first-order valence-electron chi connectivity index (χ1n) is 11.7. The summed E-state index contributed by atoms with van der Waals surface area (Å²) in [6, 6.07) is 10.5. The Balaban J connectivity index is 1.63. The zero-order chi connectivity index (χ0) is 23.8. The highest BCUT2D eigenvalue weighted by Crippen LogP contribution is 2.50. The van der Waals surface area contributed by atoms with Gasteiger partial charge in [-0.25, -0.2) is 4.98 Å². The molecule has 0 bridgehead atoms. The number of aryl methyl sites for hydroxylation is 2. The van der Waals surface area contributed by atoms with Gasteiger partial charge in [-0.05, 0) is 55.5 Å². The second-order valence-corrected chi connectivity index (χ2v) is 11.2. The Kier molecular flexibility index (Phi) is 6.74. The van der Waals surface area contributed by atoms with Crippen LogP contribution in [0.15, 0.2) is 48.1 Å². The Morgan fingerprint density at radius 3 is 2.42 bits per heavy atom. The number of benzene rings is 1. The Hall–Kier alpha value is -2.12. The third kappa shape index (κ3) is 4.62. The van der Waals surface area contributed by atoms with Gasteiger partial charge in [-0.3, -0.25) is 4.98 Å². The first-order valence-corrected chi connectivity index (χ1v) is 12.6. The Morgan fingerprint density at radius 2 is 1.85 bits per heavy atom. The zero-order valence-electron chi connectivity index (χ0n) is 20.2. The third-order valence-corrected chi connectivity index (χ3v) is 7.80. The summed E-state index contributed by atoms with van der Waals surface area (Å²) in [5, 5.41) is 25.8. The largest absolute Gasteiger partial charge is 0.387 e. The maximum Gasteiger partial charge on any atom is 0.124 e. The van der Waals surface area contributed by atoms with Gasteiger partial charge in [0.15, 0.2) is 0 Å². The molecule has 1 aromatic carbocycles. The van der Waals surface area contributed by atoms with Gasteiger partial charge in [0.05, 0.1) is 16.8 Å². The minimum absolute atomic E-state index is 0.320. The molecule has 0 radical (unpaired) electrons. The van der Waals surface area contributed by atoms with Crippen LogP contribution in [0.1, 0.15) is 72.2 Å². The van der Waals surface area contributed by atoms with Crippen LogP contribution < -0.4 is 0 Å². The van der Waals surface area contributed by atoms with Gasteiger partial charge in [-0.15, -0.1) is 11.3 Å². The molecule has 2 aromatic heterocycles. The van der Waals surface area contributed by atoms with Crippen molar-refractivity contribution in [1.82, 2.24) is 14.9 Å². The van der Waals surface area contributed by atoms with Crippen molar-refractivity contribution in [1.29, 1.82) is 0 Å². The van der Waals surface area contributed by atoms with Crippen LogP contribution >= 0.6 is 11.3 Å². The van der Waals surface area contributed by atoms with Crippen molar-refractivity contribution in [3.05, 3.63) is 81.1 Å². The molecule has 1 fully saturated rings. The van der Waals surface area contributed by atoms with Crippen molar-refractivity contribution in [2.45, 2.75) is 58.2 Å². The van der Waals surface area contributed by atoms with Crippen molar-refractivity contribution < 1.29 is 10.2 Å². The summed E-state index contributed by atoms with van der Waals surface area (Å²) in [7, 11) is 2.08. The quantitative estimate of drug-likeness (QED) is 0.499. The van der Waals surface area contributed by atoms with Gasteiger partial charge in [0, 0.05) is 41.8 Å². The number of hydrogen-bond donors (Lipinski definition) is 2. The molecule has 3 heterocycles. The molecule has 33 heavy (non-hydrogen) atoms. The lowest BCUT2D eigenvalue weighted by Crippen LogP contribution is -2.63. The molecule has 1 aliphatic heterocycles. The van der Waals surface area contributed by atoms with E-state index in [0.717, 1.165) is 40.5 Å². The van der Waals surface area contributed by atoms with E-state index in [1.807, 2.05) is 18.5 Å². The molecule has 6 heteroatoms. The van der Waals surface area contributed by atoms with Crippen molar-refractivity contribution in [2.24, 2.45) is 5.41 Å². The van der Waals surface area contributed by atoms with Crippen LogP contribution in [0.2, 0.25) is 0 Å². The van der Waals surface area contributed by atoms with Crippen LogP contribution in [-0.2, 0) is 12.0 Å². The Bertz CT molecular complexity index is 1090. The SMILES string of the molecule is Cc1nc(C(O)CCc2cncc(C(O)(c3ccc(C(C)C)cc3)C3(C)CN(C)C3)c2)cs1. The number of aromatic nitrogens is 2. The summed E-state index contributed by atoms with van der Waals surface area (Å²) >= 11 is 1.55. The molecule has 176 valence electrons. The van der Waals surface area contributed by atoms with Crippen molar-refractivity contribution in [3.63, 3.8) is 0 Å². The first-order chi connectivity index (χ1) is 15.6. The van der Waals surface area contributed by atoms with Crippen LogP contribution in [0.5, 0.6) is 0 Å². The summed E-state index contributed by atoms with van der Waals surface area (Å²) in [4.78, 5) is 11.1. The van der Waals surface area contributed by atoms with Gasteiger partial charge in [0.1, 0.15) is 5.60 Å². The molecule has 4 rings (SSSR count). The topological polar surface area (TPSA) is 69.5 Å². The predicted octanol–water partition coefficient (Wildman–Crippen LogP) is 4.82. The van der Waals surface area contributed by atoms with Crippen molar-refractivity contribution >= 4 is 11.3 Å². The minimum atomic E-state index is -1.15. The Labute approximate surface area is 201 Å². The summed E-state index contributed by atoms with van der Waals surface area (Å²) in [6.45, 7) is 10.1. The third-order valence-electron chi connectivity index (χ3n) is 7.00. The summed E-state index contributed by atoms with van der Waals surface area (Å²) < 4.78 is 0. The van der Waals surface area contributed by atoms with Crippen LogP contribution in [0.3, 0.4) is 0 Å². The second-order valence-electron chi connectivity index (χ2n) is 10.1. The number of pyridine rings is 1. The smallest absolute Gasteiger partial charge is 0.124 e. The van der Waals surface area contributed by atoms with Gasteiger partial charge in [-0.2, -0.15) is 0 Å². The first kappa shape index (κ1) is 24.0. The molecule has 1 saturated heterocycles. The average molecular weight is 466 g/mol. The number of nitrogens with zero attached hydrogens (tertiary/aromatic N) is 3. The van der Waals surface area contributed by atoms with E-state index in [1.54, 1.807) is 17.5 Å². The van der Waals surface area contributed by atoms with Gasteiger partial charge >= 0.3 is 0 Å². The van der Waals surface area contributed by atoms with E-state index in [1.165, 1.54) is 5.56 Å². The second kappa shape index (κ2) is 9.26. The minimum Gasteiger partial charge on any atom is -0.387 e. The number of likely N-dealkylation sites (tertiary alicyclic amines) is 1. The molecule has 5 nitrogen and oxygen atoms in total. The number of hydrogen-bond acceptors (Lipinski definition) is 6. The number of aliphatic hydroxyl groups is 2. The van der Waals surface area contributed by atoms with Gasteiger partial charge in [0.25, 0.3) is 0 Å². The molecule has 2 N–H and O–H groups in total. The molecular formula is C27H35N3O2S. The van der Waals surface area contributed by atoms with Crippen LogP contribution in [0, 0.1) is 12.3 Å². The van der Waals surface area contributed by atoms with Gasteiger partial charge in [0.2, 0.25) is 0 Å². The summed E-state index contributed by atoms with van der Waals surface area (Å²) in [5.41, 5.74) is 3.24. The molecule has 3 aromatic rings. The average Bonchev–Trinajstić information content (AvgIpc) is 3.22. The van der Waals surface area contributed by atoms with E-state index in [0.29, 0.717) is 18.8 Å². The van der Waals surface area contributed by atoms with E-state index in [9.17, 15) is 10.2 Å². The van der Waals surface area contributed by atoms with Gasteiger partial charge in [-0.1, -0.05) is 45.0 Å². The summed E-state index contributed by atoms with van der Waals surface area (Å²) in [5.74, 6) is 0.440. The summed E-state index contributed by atoms with van der Waals surface area (Å²) in [6.07, 6.45) is 4.26. The molecule has 0 amide bonds. The highest BCUT2D eigenvalue weighted by atomic mass is 32.1. The number of thiazole rings is 1. The van der Waals surface area contributed by atoms with Crippen LogP contribution in [-0.4, -0.2) is 45.2 Å². The van der Waals surface area contributed by atoms with E-state index >= 15 is 0 Å². The highest BCUT2D eigenvalue weighted by Gasteiger charge is 2.55. The monoisotopic (exact) mass is 465 g/mol.